The average molecular weight is 294 g/mol. The molecule has 1 aromatic heterocycles. The zero-order valence-electron chi connectivity index (χ0n) is 10.5. The highest BCUT2D eigenvalue weighted by Gasteiger charge is 2.19. The van der Waals surface area contributed by atoms with Gasteiger partial charge in [0.25, 0.3) is 0 Å². The highest BCUT2D eigenvalue weighted by Crippen LogP contribution is 2.24. The summed E-state index contributed by atoms with van der Waals surface area (Å²) in [6.45, 7) is 3.94. The number of allylic oxidation sites excluding steroid dienone is 1. The van der Waals surface area contributed by atoms with E-state index in [1.54, 1.807) is 30.3 Å². The van der Waals surface area contributed by atoms with Crippen LogP contribution in [0.15, 0.2) is 36.9 Å². The van der Waals surface area contributed by atoms with Crippen LogP contribution in [0.25, 0.3) is 0 Å². The maximum absolute atomic E-state index is 11.1. The van der Waals surface area contributed by atoms with Gasteiger partial charge in [0.15, 0.2) is 5.69 Å². The summed E-state index contributed by atoms with van der Waals surface area (Å²) in [6, 6.07) is 6.94. The minimum absolute atomic E-state index is 0.00616. The normalized spacial score (nSPS) is 10.2. The Morgan fingerprint density at radius 1 is 1.50 bits per heavy atom. The van der Waals surface area contributed by atoms with Gasteiger partial charge in [-0.15, -0.1) is 11.7 Å². The lowest BCUT2D eigenvalue weighted by atomic mass is 10.3. The Kier molecular flexibility index (Phi) is 4.37. The van der Waals surface area contributed by atoms with Gasteiger partial charge in [-0.05, 0) is 12.1 Å². The number of para-hydroxylation sites is 1. The molecule has 0 saturated heterocycles. The van der Waals surface area contributed by atoms with Gasteiger partial charge in [0, 0.05) is 0 Å². The van der Waals surface area contributed by atoms with Crippen molar-refractivity contribution in [2.45, 2.75) is 13.2 Å². The molecule has 0 atom stereocenters. The lowest BCUT2D eigenvalue weighted by Gasteiger charge is -2.09. The number of aromatic nitrogens is 3. The number of hydrogen-bond donors (Lipinski definition) is 1. The third-order valence-corrected chi connectivity index (χ3v) is 2.86. The summed E-state index contributed by atoms with van der Waals surface area (Å²) in [6.07, 6.45) is 1.60. The second kappa shape index (κ2) is 6.21. The largest absolute Gasteiger partial charge is 0.486 e. The van der Waals surface area contributed by atoms with Gasteiger partial charge in [0.2, 0.25) is 0 Å². The zero-order valence-corrected chi connectivity index (χ0v) is 11.2. The lowest BCUT2D eigenvalue weighted by molar-refractivity contribution is 0.0687. The molecular formula is C13H12ClN3O3. The van der Waals surface area contributed by atoms with E-state index in [-0.39, 0.29) is 12.3 Å². The molecule has 0 fully saturated rings. The molecule has 0 bridgehead atoms. The Hall–Kier alpha value is -2.34. The van der Waals surface area contributed by atoms with Crippen molar-refractivity contribution in [3.63, 3.8) is 0 Å². The fraction of sp³-hybridized carbons (Fsp3) is 0.154. The highest BCUT2D eigenvalue weighted by molar-refractivity contribution is 6.32. The first-order valence-electron chi connectivity index (χ1n) is 5.77. The molecule has 2 rings (SSSR count). The Bertz CT molecular complexity index is 640. The first-order valence-corrected chi connectivity index (χ1v) is 6.15. The van der Waals surface area contributed by atoms with Gasteiger partial charge in [-0.3, -0.25) is 0 Å². The summed E-state index contributed by atoms with van der Waals surface area (Å²) >= 11 is 5.97. The maximum atomic E-state index is 11.1. The van der Waals surface area contributed by atoms with Crippen LogP contribution in [-0.2, 0) is 13.2 Å². The van der Waals surface area contributed by atoms with E-state index in [9.17, 15) is 4.79 Å². The number of ether oxygens (including phenoxy) is 1. The fourth-order valence-corrected chi connectivity index (χ4v) is 1.81. The van der Waals surface area contributed by atoms with Crippen LogP contribution in [0.2, 0.25) is 5.02 Å². The molecule has 0 radical (unpaired) electrons. The average Bonchev–Trinajstić information content (AvgIpc) is 2.81. The third kappa shape index (κ3) is 2.97. The van der Waals surface area contributed by atoms with Gasteiger partial charge in [0.05, 0.1) is 11.6 Å². The second-order valence-electron chi connectivity index (χ2n) is 3.88. The van der Waals surface area contributed by atoms with Crippen molar-refractivity contribution >= 4 is 17.6 Å². The van der Waals surface area contributed by atoms with Gasteiger partial charge < -0.3 is 9.84 Å². The maximum Gasteiger partial charge on any atom is 0.358 e. The molecule has 1 heterocycles. The quantitative estimate of drug-likeness (QED) is 0.828. The van der Waals surface area contributed by atoms with Gasteiger partial charge >= 0.3 is 5.97 Å². The van der Waals surface area contributed by atoms with E-state index in [0.717, 1.165) is 0 Å². The van der Waals surface area contributed by atoms with E-state index in [2.05, 4.69) is 16.9 Å². The van der Waals surface area contributed by atoms with Crippen LogP contribution in [0.5, 0.6) is 5.75 Å². The molecular weight excluding hydrogens is 282 g/mol. The van der Waals surface area contributed by atoms with Gasteiger partial charge in [-0.2, -0.15) is 0 Å². The van der Waals surface area contributed by atoms with Gasteiger partial charge in [-0.25, -0.2) is 9.48 Å². The SMILES string of the molecule is C=CCn1nnc(C(=O)O)c1COc1ccccc1Cl. The van der Waals surface area contributed by atoms with Crippen LogP contribution in [0, 0.1) is 0 Å². The summed E-state index contributed by atoms with van der Waals surface area (Å²) in [5.74, 6) is -0.685. The van der Waals surface area contributed by atoms with E-state index in [4.69, 9.17) is 21.4 Å². The van der Waals surface area contributed by atoms with Crippen molar-refractivity contribution in [2.75, 3.05) is 0 Å². The zero-order chi connectivity index (χ0) is 14.5. The molecule has 6 nitrogen and oxygen atoms in total. The van der Waals surface area contributed by atoms with Crippen LogP contribution < -0.4 is 4.74 Å². The Morgan fingerprint density at radius 2 is 2.25 bits per heavy atom. The first kappa shape index (κ1) is 14.1. The molecule has 0 amide bonds. The second-order valence-corrected chi connectivity index (χ2v) is 4.29. The molecule has 0 unspecified atom stereocenters. The highest BCUT2D eigenvalue weighted by atomic mass is 35.5. The molecule has 20 heavy (non-hydrogen) atoms. The fourth-order valence-electron chi connectivity index (χ4n) is 1.62. The predicted octanol–water partition coefficient (Wildman–Crippen LogP) is 2.39. The van der Waals surface area contributed by atoms with Crippen molar-refractivity contribution < 1.29 is 14.6 Å². The summed E-state index contributed by atoms with van der Waals surface area (Å²) in [5.41, 5.74) is 0.219. The molecule has 0 aliphatic rings. The minimum Gasteiger partial charge on any atom is -0.486 e. The van der Waals surface area contributed by atoms with E-state index >= 15 is 0 Å². The van der Waals surface area contributed by atoms with Crippen molar-refractivity contribution in [1.82, 2.24) is 15.0 Å². The molecule has 0 aliphatic heterocycles. The number of hydrogen-bond acceptors (Lipinski definition) is 4. The molecule has 7 heteroatoms. The molecule has 1 N–H and O–H groups in total. The number of rotatable bonds is 6. The van der Waals surface area contributed by atoms with Crippen LogP contribution in [0.1, 0.15) is 16.2 Å². The molecule has 0 saturated carbocycles. The van der Waals surface area contributed by atoms with Gasteiger partial charge in [-0.1, -0.05) is 35.0 Å². The van der Waals surface area contributed by atoms with Gasteiger partial charge in [0.1, 0.15) is 18.1 Å². The number of aromatic carboxylic acids is 1. The van der Waals surface area contributed by atoms with Crippen molar-refractivity contribution in [2.24, 2.45) is 0 Å². The third-order valence-electron chi connectivity index (χ3n) is 2.54. The van der Waals surface area contributed by atoms with Crippen LogP contribution >= 0.6 is 11.6 Å². The van der Waals surface area contributed by atoms with E-state index < -0.39 is 5.97 Å². The summed E-state index contributed by atoms with van der Waals surface area (Å²) < 4.78 is 6.95. The lowest BCUT2D eigenvalue weighted by Crippen LogP contribution is -2.11. The number of benzene rings is 1. The Labute approximate surface area is 120 Å². The molecule has 0 spiro atoms. The van der Waals surface area contributed by atoms with E-state index in [1.165, 1.54) is 4.68 Å². The monoisotopic (exact) mass is 293 g/mol. The number of nitrogens with zero attached hydrogens (tertiary/aromatic N) is 3. The molecule has 1 aromatic carbocycles. The van der Waals surface area contributed by atoms with E-state index in [1.807, 2.05) is 0 Å². The number of carboxylic acid groups (broad SMARTS) is 1. The van der Waals surface area contributed by atoms with Crippen LogP contribution in [-0.4, -0.2) is 26.1 Å². The number of halogens is 1. The molecule has 2 aromatic rings. The van der Waals surface area contributed by atoms with Crippen molar-refractivity contribution in [3.8, 4) is 5.75 Å². The number of carboxylic acids is 1. The Balaban J connectivity index is 2.23. The predicted molar refractivity (Wildman–Crippen MR) is 73.0 cm³/mol. The summed E-state index contributed by atoms with van der Waals surface area (Å²) in [4.78, 5) is 11.1. The Morgan fingerprint density at radius 3 is 2.90 bits per heavy atom. The summed E-state index contributed by atoms with van der Waals surface area (Å²) in [5, 5.41) is 16.9. The standard InChI is InChI=1S/C13H12ClN3O3/c1-2-7-17-10(12(13(18)19)15-16-17)8-20-11-6-4-3-5-9(11)14/h2-6H,1,7-8H2,(H,18,19). The van der Waals surface area contributed by atoms with Crippen LogP contribution in [0.3, 0.4) is 0 Å². The van der Waals surface area contributed by atoms with Crippen LogP contribution in [0.4, 0.5) is 0 Å². The van der Waals surface area contributed by atoms with E-state index in [0.29, 0.717) is 23.0 Å². The minimum atomic E-state index is -1.15. The smallest absolute Gasteiger partial charge is 0.358 e. The number of carbonyl (C=O) groups is 1. The molecule has 104 valence electrons. The molecule has 0 aliphatic carbocycles. The van der Waals surface area contributed by atoms with Crippen molar-refractivity contribution in [3.05, 3.63) is 53.3 Å². The van der Waals surface area contributed by atoms with Crippen molar-refractivity contribution in [1.29, 1.82) is 0 Å². The summed E-state index contributed by atoms with van der Waals surface area (Å²) in [7, 11) is 0. The first-order chi connectivity index (χ1) is 9.63. The topological polar surface area (TPSA) is 77.2 Å².